The fraction of sp³-hybridized carbons (Fsp3) is 0.467. The smallest absolute Gasteiger partial charge is 0.341 e. The van der Waals surface area contributed by atoms with E-state index in [1.165, 1.54) is 0 Å². The van der Waals surface area contributed by atoms with E-state index in [-0.39, 0.29) is 6.03 Å². The second kappa shape index (κ2) is 8.84. The highest BCUT2D eigenvalue weighted by Crippen LogP contribution is 2.17. The Labute approximate surface area is 124 Å². The molecule has 0 radical (unpaired) electrons. The number of carbonyl (C=O) groups excluding carboxylic acids is 1. The summed E-state index contributed by atoms with van der Waals surface area (Å²) in [6.45, 7) is 4.96. The number of urea groups is 1. The van der Waals surface area contributed by atoms with Gasteiger partial charge in [0, 0.05) is 24.8 Å². The lowest BCUT2D eigenvalue weighted by molar-refractivity contribution is -0.139. The fourth-order valence-electron chi connectivity index (χ4n) is 1.76. The summed E-state index contributed by atoms with van der Waals surface area (Å²) in [5, 5.41) is 11.4. The summed E-state index contributed by atoms with van der Waals surface area (Å²) >= 11 is 0. The zero-order chi connectivity index (χ0) is 15.7. The van der Waals surface area contributed by atoms with Crippen LogP contribution >= 0.6 is 0 Å². The first kappa shape index (κ1) is 16.8. The number of hydrogen-bond donors (Lipinski definition) is 2. The first-order chi connectivity index (χ1) is 10.1. The van der Waals surface area contributed by atoms with E-state index >= 15 is 0 Å². The maximum atomic E-state index is 12.1. The molecule has 1 rings (SSSR count). The van der Waals surface area contributed by atoms with E-state index < -0.39 is 12.6 Å². The Morgan fingerprint density at radius 1 is 1.33 bits per heavy atom. The number of carbonyl (C=O) groups is 2. The van der Waals surface area contributed by atoms with Crippen LogP contribution in [0.25, 0.3) is 0 Å². The summed E-state index contributed by atoms with van der Waals surface area (Å²) in [7, 11) is 0. The molecule has 6 nitrogen and oxygen atoms in total. The molecule has 1 aromatic carbocycles. The molecule has 2 amide bonds. The van der Waals surface area contributed by atoms with Crippen LogP contribution in [0.15, 0.2) is 24.3 Å². The lowest BCUT2D eigenvalue weighted by Gasteiger charge is -2.21. The Kier molecular flexibility index (Phi) is 7.08. The minimum absolute atomic E-state index is 0.165. The van der Waals surface area contributed by atoms with E-state index in [4.69, 9.17) is 9.84 Å². The van der Waals surface area contributed by atoms with Crippen molar-refractivity contribution in [1.29, 1.82) is 0 Å². The van der Waals surface area contributed by atoms with E-state index in [2.05, 4.69) is 12.2 Å². The van der Waals surface area contributed by atoms with Crippen LogP contribution in [0, 0.1) is 0 Å². The van der Waals surface area contributed by atoms with Crippen molar-refractivity contribution in [2.45, 2.75) is 26.7 Å². The number of unbranched alkanes of at least 4 members (excludes halogenated alkanes) is 1. The maximum absolute atomic E-state index is 12.1. The fourth-order valence-corrected chi connectivity index (χ4v) is 1.76. The normalized spacial score (nSPS) is 10.0. The molecular formula is C15H22N2O4. The molecule has 21 heavy (non-hydrogen) atoms. The Morgan fingerprint density at radius 2 is 2.10 bits per heavy atom. The van der Waals surface area contributed by atoms with Crippen molar-refractivity contribution in [2.24, 2.45) is 0 Å². The molecule has 0 aliphatic heterocycles. The molecule has 0 saturated heterocycles. The van der Waals surface area contributed by atoms with Gasteiger partial charge >= 0.3 is 12.0 Å². The number of aliphatic carboxylic acids is 1. The first-order valence-corrected chi connectivity index (χ1v) is 7.07. The van der Waals surface area contributed by atoms with Crippen molar-refractivity contribution in [3.05, 3.63) is 24.3 Å². The largest absolute Gasteiger partial charge is 0.482 e. The summed E-state index contributed by atoms with van der Waals surface area (Å²) in [6, 6.07) is 6.53. The number of rotatable bonds is 8. The standard InChI is InChI=1S/C15H22N2O4/c1-3-5-9-17(4-2)15(20)16-12-7-6-8-13(10-12)21-11-14(18)19/h6-8,10H,3-5,9,11H2,1-2H3,(H,16,20)(H,18,19). The van der Waals surface area contributed by atoms with Crippen molar-refractivity contribution in [2.75, 3.05) is 25.0 Å². The van der Waals surface area contributed by atoms with Gasteiger partial charge in [0.2, 0.25) is 0 Å². The summed E-state index contributed by atoms with van der Waals surface area (Å²) in [4.78, 5) is 24.3. The van der Waals surface area contributed by atoms with Crippen LogP contribution in [0.4, 0.5) is 10.5 Å². The zero-order valence-electron chi connectivity index (χ0n) is 12.5. The van der Waals surface area contributed by atoms with Crippen molar-refractivity contribution >= 4 is 17.7 Å². The van der Waals surface area contributed by atoms with Gasteiger partial charge in [-0.05, 0) is 25.5 Å². The van der Waals surface area contributed by atoms with Crippen LogP contribution in [0.2, 0.25) is 0 Å². The third-order valence-electron chi connectivity index (χ3n) is 2.90. The number of nitrogens with zero attached hydrogens (tertiary/aromatic N) is 1. The predicted octanol–water partition coefficient (Wildman–Crippen LogP) is 2.80. The SMILES string of the molecule is CCCCN(CC)C(=O)Nc1cccc(OCC(=O)O)c1. The summed E-state index contributed by atoms with van der Waals surface area (Å²) in [5.41, 5.74) is 0.581. The number of nitrogens with one attached hydrogen (secondary N) is 1. The van der Waals surface area contributed by atoms with Crippen LogP contribution in [-0.2, 0) is 4.79 Å². The molecule has 0 spiro atoms. The van der Waals surface area contributed by atoms with Crippen molar-refractivity contribution in [3.63, 3.8) is 0 Å². The highest BCUT2D eigenvalue weighted by molar-refractivity contribution is 5.89. The molecular weight excluding hydrogens is 272 g/mol. The molecule has 0 fully saturated rings. The minimum Gasteiger partial charge on any atom is -0.482 e. The van der Waals surface area contributed by atoms with Gasteiger partial charge in [0.15, 0.2) is 6.61 Å². The number of amides is 2. The average molecular weight is 294 g/mol. The number of carboxylic acid groups (broad SMARTS) is 1. The lowest BCUT2D eigenvalue weighted by atomic mass is 10.3. The van der Waals surface area contributed by atoms with E-state index in [1.807, 2.05) is 6.92 Å². The third kappa shape index (κ3) is 6.16. The van der Waals surface area contributed by atoms with Gasteiger partial charge in [-0.25, -0.2) is 9.59 Å². The topological polar surface area (TPSA) is 78.9 Å². The Morgan fingerprint density at radius 3 is 2.71 bits per heavy atom. The second-order valence-electron chi connectivity index (χ2n) is 4.57. The van der Waals surface area contributed by atoms with E-state index in [0.29, 0.717) is 24.5 Å². The van der Waals surface area contributed by atoms with Crippen molar-refractivity contribution in [3.8, 4) is 5.75 Å². The van der Waals surface area contributed by atoms with Crippen LogP contribution in [0.1, 0.15) is 26.7 Å². The quantitative estimate of drug-likeness (QED) is 0.772. The maximum Gasteiger partial charge on any atom is 0.341 e. The van der Waals surface area contributed by atoms with Gasteiger partial charge < -0.3 is 20.1 Å². The molecule has 2 N–H and O–H groups in total. The monoisotopic (exact) mass is 294 g/mol. The minimum atomic E-state index is -1.04. The van der Waals surface area contributed by atoms with Crippen LogP contribution < -0.4 is 10.1 Å². The van der Waals surface area contributed by atoms with Gasteiger partial charge in [-0.2, -0.15) is 0 Å². The Bertz CT molecular complexity index is 476. The number of anilines is 1. The van der Waals surface area contributed by atoms with Gasteiger partial charge in [0.1, 0.15) is 5.75 Å². The summed E-state index contributed by atoms with van der Waals surface area (Å²) in [6.07, 6.45) is 1.99. The van der Waals surface area contributed by atoms with Gasteiger partial charge in [-0.15, -0.1) is 0 Å². The molecule has 116 valence electrons. The molecule has 0 atom stereocenters. The summed E-state index contributed by atoms with van der Waals surface area (Å²) in [5.74, 6) is -0.632. The van der Waals surface area contributed by atoms with Gasteiger partial charge in [0.05, 0.1) is 0 Å². The average Bonchev–Trinajstić information content (AvgIpc) is 2.46. The molecule has 0 heterocycles. The molecule has 0 bridgehead atoms. The third-order valence-corrected chi connectivity index (χ3v) is 2.90. The molecule has 0 unspecified atom stereocenters. The first-order valence-electron chi connectivity index (χ1n) is 7.07. The highest BCUT2D eigenvalue weighted by atomic mass is 16.5. The molecule has 6 heteroatoms. The number of benzene rings is 1. The molecule has 0 aliphatic rings. The zero-order valence-corrected chi connectivity index (χ0v) is 12.5. The van der Waals surface area contributed by atoms with Crippen LogP contribution in [0.5, 0.6) is 5.75 Å². The number of hydrogen-bond acceptors (Lipinski definition) is 3. The van der Waals surface area contributed by atoms with Crippen LogP contribution in [0.3, 0.4) is 0 Å². The van der Waals surface area contributed by atoms with E-state index in [0.717, 1.165) is 12.8 Å². The summed E-state index contributed by atoms with van der Waals surface area (Å²) < 4.78 is 5.08. The van der Waals surface area contributed by atoms with Gasteiger partial charge in [-0.3, -0.25) is 0 Å². The van der Waals surface area contributed by atoms with Crippen molar-refractivity contribution in [1.82, 2.24) is 4.90 Å². The van der Waals surface area contributed by atoms with E-state index in [9.17, 15) is 9.59 Å². The molecule has 0 saturated carbocycles. The molecule has 0 aromatic heterocycles. The Balaban J connectivity index is 2.62. The van der Waals surface area contributed by atoms with E-state index in [1.54, 1.807) is 29.2 Å². The van der Waals surface area contributed by atoms with Gasteiger partial charge in [0.25, 0.3) is 0 Å². The molecule has 1 aromatic rings. The predicted molar refractivity (Wildman–Crippen MR) is 80.7 cm³/mol. The molecule has 0 aliphatic carbocycles. The second-order valence-corrected chi connectivity index (χ2v) is 4.57. The van der Waals surface area contributed by atoms with Crippen molar-refractivity contribution < 1.29 is 19.4 Å². The number of ether oxygens (including phenoxy) is 1. The van der Waals surface area contributed by atoms with Crippen LogP contribution in [-0.4, -0.2) is 41.7 Å². The lowest BCUT2D eigenvalue weighted by Crippen LogP contribution is -2.35. The van der Waals surface area contributed by atoms with Gasteiger partial charge in [-0.1, -0.05) is 19.4 Å². The highest BCUT2D eigenvalue weighted by Gasteiger charge is 2.11. The Hall–Kier alpha value is -2.24. The number of carboxylic acids is 1.